The Kier molecular flexibility index (Phi) is 4.53. The zero-order valence-electron chi connectivity index (χ0n) is 10.9. The van der Waals surface area contributed by atoms with E-state index >= 15 is 0 Å². The first-order valence-electron chi connectivity index (χ1n) is 6.75. The average molecular weight is 263 g/mol. The quantitative estimate of drug-likeness (QED) is 0.848. The van der Waals surface area contributed by atoms with Gasteiger partial charge in [0.05, 0.1) is 5.69 Å². The number of rotatable bonds is 4. The standard InChI is InChI=1S/C14H21N3S/c1-2-17(11-7-4-3-5-8-11)12-9-6-10-16-13(12)14(15)18/h6,9-11H,2-5,7-8H2,1H3,(H2,15,18). The molecule has 0 bridgehead atoms. The number of aromatic nitrogens is 1. The van der Waals surface area contributed by atoms with E-state index in [1.807, 2.05) is 6.07 Å². The molecule has 2 N–H and O–H groups in total. The van der Waals surface area contributed by atoms with Crippen molar-refractivity contribution in [3.05, 3.63) is 24.0 Å². The summed E-state index contributed by atoms with van der Waals surface area (Å²) in [6.45, 7) is 3.16. The van der Waals surface area contributed by atoms with E-state index in [-0.39, 0.29) is 0 Å². The fourth-order valence-corrected chi connectivity index (χ4v) is 2.99. The van der Waals surface area contributed by atoms with E-state index in [9.17, 15) is 0 Å². The topological polar surface area (TPSA) is 42.2 Å². The van der Waals surface area contributed by atoms with Gasteiger partial charge in [0.1, 0.15) is 10.7 Å². The molecule has 98 valence electrons. The molecule has 1 saturated carbocycles. The molecule has 1 aromatic heterocycles. The molecule has 1 aromatic rings. The molecule has 0 radical (unpaired) electrons. The second-order valence-electron chi connectivity index (χ2n) is 4.81. The third-order valence-corrected chi connectivity index (χ3v) is 3.88. The molecule has 0 aromatic carbocycles. The van der Waals surface area contributed by atoms with Gasteiger partial charge < -0.3 is 10.6 Å². The zero-order valence-corrected chi connectivity index (χ0v) is 11.7. The maximum Gasteiger partial charge on any atom is 0.124 e. The predicted molar refractivity (Wildman–Crippen MR) is 80.0 cm³/mol. The van der Waals surface area contributed by atoms with Crippen LogP contribution in [-0.4, -0.2) is 22.6 Å². The Morgan fingerprint density at radius 3 is 2.78 bits per heavy atom. The molecular formula is C14H21N3S. The van der Waals surface area contributed by atoms with Crippen LogP contribution in [0.25, 0.3) is 0 Å². The SMILES string of the molecule is CCN(c1cccnc1C(N)=S)C1CCCCC1. The number of hydrogen-bond acceptors (Lipinski definition) is 3. The van der Waals surface area contributed by atoms with Gasteiger partial charge in [-0.3, -0.25) is 4.98 Å². The summed E-state index contributed by atoms with van der Waals surface area (Å²) in [6, 6.07) is 4.66. The van der Waals surface area contributed by atoms with Crippen molar-refractivity contribution in [1.82, 2.24) is 4.98 Å². The molecule has 0 unspecified atom stereocenters. The summed E-state index contributed by atoms with van der Waals surface area (Å²) in [4.78, 5) is 7.14. The third kappa shape index (κ3) is 2.80. The van der Waals surface area contributed by atoms with Crippen molar-refractivity contribution in [2.24, 2.45) is 5.73 Å². The first-order valence-corrected chi connectivity index (χ1v) is 7.16. The van der Waals surface area contributed by atoms with Gasteiger partial charge in [-0.15, -0.1) is 0 Å². The Hall–Kier alpha value is -1.16. The lowest BCUT2D eigenvalue weighted by Crippen LogP contribution is -2.38. The largest absolute Gasteiger partial charge is 0.388 e. The van der Waals surface area contributed by atoms with Gasteiger partial charge in [0.2, 0.25) is 0 Å². The first kappa shape index (κ1) is 13.3. The minimum absolute atomic E-state index is 0.389. The Balaban J connectivity index is 2.28. The second-order valence-corrected chi connectivity index (χ2v) is 5.25. The number of pyridine rings is 1. The smallest absolute Gasteiger partial charge is 0.124 e. The average Bonchev–Trinajstić information content (AvgIpc) is 2.41. The van der Waals surface area contributed by atoms with E-state index in [0.717, 1.165) is 17.9 Å². The van der Waals surface area contributed by atoms with Crippen LogP contribution in [0.1, 0.15) is 44.7 Å². The van der Waals surface area contributed by atoms with Gasteiger partial charge in [-0.25, -0.2) is 0 Å². The molecule has 2 rings (SSSR count). The third-order valence-electron chi connectivity index (χ3n) is 3.69. The molecule has 0 amide bonds. The summed E-state index contributed by atoms with van der Waals surface area (Å²) >= 11 is 5.11. The molecule has 1 heterocycles. The summed E-state index contributed by atoms with van der Waals surface area (Å²) in [5.41, 5.74) is 7.64. The Labute approximate surface area is 114 Å². The second kappa shape index (κ2) is 6.14. The van der Waals surface area contributed by atoms with E-state index in [1.165, 1.54) is 32.1 Å². The number of thiocarbonyl (C=S) groups is 1. The van der Waals surface area contributed by atoms with Crippen molar-refractivity contribution in [2.45, 2.75) is 45.1 Å². The van der Waals surface area contributed by atoms with Crippen LogP contribution < -0.4 is 10.6 Å². The Bertz CT molecular complexity index is 413. The molecular weight excluding hydrogens is 242 g/mol. The van der Waals surface area contributed by atoms with Crippen molar-refractivity contribution in [1.29, 1.82) is 0 Å². The number of hydrogen-bond donors (Lipinski definition) is 1. The summed E-state index contributed by atoms with van der Waals surface area (Å²) in [7, 11) is 0. The minimum atomic E-state index is 0.389. The van der Waals surface area contributed by atoms with Crippen molar-refractivity contribution in [3.63, 3.8) is 0 Å². The maximum absolute atomic E-state index is 5.78. The number of nitrogens with zero attached hydrogens (tertiary/aromatic N) is 2. The highest BCUT2D eigenvalue weighted by Crippen LogP contribution is 2.28. The number of nitrogens with two attached hydrogens (primary N) is 1. The lowest BCUT2D eigenvalue weighted by Gasteiger charge is -2.36. The lowest BCUT2D eigenvalue weighted by atomic mass is 9.93. The van der Waals surface area contributed by atoms with Crippen LogP contribution in [0.2, 0.25) is 0 Å². The molecule has 0 saturated heterocycles. The molecule has 0 aliphatic heterocycles. The van der Waals surface area contributed by atoms with Gasteiger partial charge in [-0.2, -0.15) is 0 Å². The molecule has 0 atom stereocenters. The van der Waals surface area contributed by atoms with Crippen molar-refractivity contribution in [2.75, 3.05) is 11.4 Å². The van der Waals surface area contributed by atoms with Crippen LogP contribution in [0.4, 0.5) is 5.69 Å². The maximum atomic E-state index is 5.78. The van der Waals surface area contributed by atoms with E-state index in [1.54, 1.807) is 6.20 Å². The summed E-state index contributed by atoms with van der Waals surface area (Å²) in [5, 5.41) is 0. The van der Waals surface area contributed by atoms with Gasteiger partial charge in [-0.05, 0) is 31.9 Å². The van der Waals surface area contributed by atoms with E-state index < -0.39 is 0 Å². The highest BCUT2D eigenvalue weighted by Gasteiger charge is 2.22. The fraction of sp³-hybridized carbons (Fsp3) is 0.571. The highest BCUT2D eigenvalue weighted by molar-refractivity contribution is 7.80. The summed E-state index contributed by atoms with van der Waals surface area (Å²) in [6.07, 6.45) is 8.29. The summed E-state index contributed by atoms with van der Waals surface area (Å²) in [5.74, 6) is 0. The molecule has 3 nitrogen and oxygen atoms in total. The zero-order chi connectivity index (χ0) is 13.0. The van der Waals surface area contributed by atoms with Crippen molar-refractivity contribution in [3.8, 4) is 0 Å². The Morgan fingerprint density at radius 1 is 1.44 bits per heavy atom. The van der Waals surface area contributed by atoms with Crippen LogP contribution in [0.3, 0.4) is 0 Å². The molecule has 1 aliphatic rings. The number of anilines is 1. The van der Waals surface area contributed by atoms with Crippen LogP contribution >= 0.6 is 12.2 Å². The Morgan fingerprint density at radius 2 is 2.17 bits per heavy atom. The minimum Gasteiger partial charge on any atom is -0.388 e. The van der Waals surface area contributed by atoms with Gasteiger partial charge in [0.25, 0.3) is 0 Å². The van der Waals surface area contributed by atoms with Gasteiger partial charge in [-0.1, -0.05) is 31.5 Å². The molecule has 1 fully saturated rings. The van der Waals surface area contributed by atoms with Gasteiger partial charge >= 0.3 is 0 Å². The van der Waals surface area contributed by atoms with E-state index in [4.69, 9.17) is 18.0 Å². The van der Waals surface area contributed by atoms with Crippen LogP contribution in [0.15, 0.2) is 18.3 Å². The van der Waals surface area contributed by atoms with E-state index in [2.05, 4.69) is 22.9 Å². The molecule has 1 aliphatic carbocycles. The lowest BCUT2D eigenvalue weighted by molar-refractivity contribution is 0.418. The van der Waals surface area contributed by atoms with Crippen molar-refractivity contribution < 1.29 is 0 Å². The van der Waals surface area contributed by atoms with Crippen LogP contribution in [0, 0.1) is 0 Å². The van der Waals surface area contributed by atoms with Crippen LogP contribution in [-0.2, 0) is 0 Å². The van der Waals surface area contributed by atoms with Crippen LogP contribution in [0.5, 0.6) is 0 Å². The monoisotopic (exact) mass is 263 g/mol. The first-order chi connectivity index (χ1) is 8.74. The predicted octanol–water partition coefficient (Wildman–Crippen LogP) is 2.87. The highest BCUT2D eigenvalue weighted by atomic mass is 32.1. The fourth-order valence-electron chi connectivity index (χ4n) is 2.84. The normalized spacial score (nSPS) is 16.5. The van der Waals surface area contributed by atoms with Gasteiger partial charge in [0.15, 0.2) is 0 Å². The molecule has 18 heavy (non-hydrogen) atoms. The summed E-state index contributed by atoms with van der Waals surface area (Å²) < 4.78 is 0. The van der Waals surface area contributed by atoms with Crippen molar-refractivity contribution >= 4 is 22.9 Å². The van der Waals surface area contributed by atoms with E-state index in [0.29, 0.717) is 11.0 Å². The molecule has 0 spiro atoms. The molecule has 4 heteroatoms. The van der Waals surface area contributed by atoms with Gasteiger partial charge in [0, 0.05) is 18.8 Å².